The molecule has 0 fully saturated rings. The smallest absolute Gasteiger partial charge is 0.183 e. The van der Waals surface area contributed by atoms with Gasteiger partial charge in [-0.2, -0.15) is 5.10 Å². The van der Waals surface area contributed by atoms with Gasteiger partial charge in [0.05, 0.1) is 0 Å². The third-order valence-electron chi connectivity index (χ3n) is 1.20. The molecular formula is C6H12N4S. The summed E-state index contributed by atoms with van der Waals surface area (Å²) in [5.74, 6) is 0.993. The molecule has 0 aliphatic heterocycles. The maximum absolute atomic E-state index is 5.57. The molecule has 1 aromatic heterocycles. The largest absolute Gasteiger partial charge is 0.328 e. The first-order valence-electron chi connectivity index (χ1n) is 3.53. The molecule has 0 bridgehead atoms. The first kappa shape index (κ1) is 8.55. The molecule has 3 N–H and O–H groups in total. The zero-order valence-electron chi connectivity index (χ0n) is 6.45. The highest BCUT2D eigenvalue weighted by Crippen LogP contribution is 2.11. The Hall–Kier alpha value is -0.550. The number of hydrogen-bond donors (Lipinski definition) is 2. The molecule has 1 heterocycles. The summed E-state index contributed by atoms with van der Waals surface area (Å²) < 4.78 is 0. The van der Waals surface area contributed by atoms with Gasteiger partial charge in [0, 0.05) is 11.8 Å². The highest BCUT2D eigenvalue weighted by Gasteiger charge is 1.97. The van der Waals surface area contributed by atoms with Crippen LogP contribution in [-0.2, 0) is 0 Å². The van der Waals surface area contributed by atoms with Crippen LogP contribution in [0.25, 0.3) is 0 Å². The van der Waals surface area contributed by atoms with Gasteiger partial charge < -0.3 is 5.73 Å². The van der Waals surface area contributed by atoms with Crippen LogP contribution in [0.2, 0.25) is 0 Å². The lowest BCUT2D eigenvalue weighted by atomic mass is 10.3. The monoisotopic (exact) mass is 172 g/mol. The zero-order valence-corrected chi connectivity index (χ0v) is 7.27. The number of nitrogens with zero attached hydrogens (tertiary/aromatic N) is 2. The van der Waals surface area contributed by atoms with Crippen molar-refractivity contribution in [1.29, 1.82) is 0 Å². The topological polar surface area (TPSA) is 67.6 Å². The predicted molar refractivity (Wildman–Crippen MR) is 45.4 cm³/mol. The quantitative estimate of drug-likeness (QED) is 0.654. The molecule has 11 heavy (non-hydrogen) atoms. The van der Waals surface area contributed by atoms with Crippen molar-refractivity contribution in [3.63, 3.8) is 0 Å². The second kappa shape index (κ2) is 4.35. The van der Waals surface area contributed by atoms with E-state index < -0.39 is 0 Å². The Labute approximate surface area is 70.0 Å². The third kappa shape index (κ3) is 3.38. The van der Waals surface area contributed by atoms with Gasteiger partial charge in [-0.3, -0.25) is 5.10 Å². The van der Waals surface area contributed by atoms with Crippen LogP contribution in [-0.4, -0.2) is 27.0 Å². The van der Waals surface area contributed by atoms with Gasteiger partial charge in [-0.1, -0.05) is 11.8 Å². The van der Waals surface area contributed by atoms with Gasteiger partial charge in [-0.25, -0.2) is 4.98 Å². The minimum atomic E-state index is 0.269. The first-order chi connectivity index (χ1) is 5.29. The van der Waals surface area contributed by atoms with Crippen LogP contribution in [0.1, 0.15) is 13.3 Å². The summed E-state index contributed by atoms with van der Waals surface area (Å²) in [5.41, 5.74) is 5.57. The number of hydrogen-bond acceptors (Lipinski definition) is 4. The Balaban J connectivity index is 2.14. The van der Waals surface area contributed by atoms with E-state index in [0.29, 0.717) is 0 Å². The van der Waals surface area contributed by atoms with Gasteiger partial charge in [-0.05, 0) is 13.3 Å². The lowest BCUT2D eigenvalue weighted by molar-refractivity contribution is 0.720. The number of aromatic nitrogens is 3. The number of rotatable bonds is 4. The summed E-state index contributed by atoms with van der Waals surface area (Å²) in [6.45, 7) is 2.00. The fraction of sp³-hybridized carbons (Fsp3) is 0.667. The molecule has 0 saturated heterocycles. The standard InChI is InChI=1S/C6H12N4S/c1-5(7)2-3-11-6-8-4-9-10-6/h4-5H,2-3,7H2,1H3,(H,8,9,10). The van der Waals surface area contributed by atoms with Crippen LogP contribution in [0.4, 0.5) is 0 Å². The van der Waals surface area contributed by atoms with Gasteiger partial charge in [0.2, 0.25) is 0 Å². The molecule has 5 heteroatoms. The second-order valence-electron chi connectivity index (χ2n) is 2.41. The van der Waals surface area contributed by atoms with Crippen molar-refractivity contribution in [1.82, 2.24) is 15.2 Å². The molecule has 0 aliphatic rings. The van der Waals surface area contributed by atoms with Crippen molar-refractivity contribution in [2.24, 2.45) is 5.73 Å². The first-order valence-corrected chi connectivity index (χ1v) is 4.51. The Kier molecular flexibility index (Phi) is 3.38. The molecule has 62 valence electrons. The van der Waals surface area contributed by atoms with E-state index in [2.05, 4.69) is 15.2 Å². The van der Waals surface area contributed by atoms with Crippen molar-refractivity contribution < 1.29 is 0 Å². The molecule has 0 spiro atoms. The lowest BCUT2D eigenvalue weighted by Crippen LogP contribution is -2.15. The van der Waals surface area contributed by atoms with Crippen LogP contribution in [0.3, 0.4) is 0 Å². The molecule has 0 aromatic carbocycles. The van der Waals surface area contributed by atoms with Crippen LogP contribution in [0, 0.1) is 0 Å². The van der Waals surface area contributed by atoms with Crippen LogP contribution in [0.15, 0.2) is 11.5 Å². The summed E-state index contributed by atoms with van der Waals surface area (Å²) in [4.78, 5) is 3.97. The molecule has 0 amide bonds. The van der Waals surface area contributed by atoms with E-state index in [-0.39, 0.29) is 6.04 Å². The molecular weight excluding hydrogens is 160 g/mol. The van der Waals surface area contributed by atoms with Crippen LogP contribution < -0.4 is 5.73 Å². The minimum absolute atomic E-state index is 0.269. The summed E-state index contributed by atoms with van der Waals surface area (Å²) in [5, 5.41) is 7.37. The van der Waals surface area contributed by atoms with Gasteiger partial charge >= 0.3 is 0 Å². The summed E-state index contributed by atoms with van der Waals surface area (Å²) >= 11 is 1.65. The Bertz CT molecular complexity index is 184. The van der Waals surface area contributed by atoms with E-state index in [1.165, 1.54) is 6.33 Å². The summed E-state index contributed by atoms with van der Waals surface area (Å²) in [6, 6.07) is 0.269. The number of nitrogens with two attached hydrogens (primary N) is 1. The Morgan fingerprint density at radius 1 is 1.82 bits per heavy atom. The average Bonchev–Trinajstić information content (AvgIpc) is 2.39. The Morgan fingerprint density at radius 3 is 3.18 bits per heavy atom. The van der Waals surface area contributed by atoms with Crippen molar-refractivity contribution in [2.75, 3.05) is 5.75 Å². The molecule has 1 atom stereocenters. The van der Waals surface area contributed by atoms with E-state index in [1.807, 2.05) is 6.92 Å². The maximum atomic E-state index is 5.57. The van der Waals surface area contributed by atoms with E-state index in [0.717, 1.165) is 17.3 Å². The Morgan fingerprint density at radius 2 is 2.64 bits per heavy atom. The highest BCUT2D eigenvalue weighted by atomic mass is 32.2. The molecule has 0 radical (unpaired) electrons. The third-order valence-corrected chi connectivity index (χ3v) is 2.11. The average molecular weight is 172 g/mol. The fourth-order valence-electron chi connectivity index (χ4n) is 0.605. The van der Waals surface area contributed by atoms with E-state index in [4.69, 9.17) is 5.73 Å². The van der Waals surface area contributed by atoms with Crippen molar-refractivity contribution in [3.8, 4) is 0 Å². The number of H-pyrrole nitrogens is 1. The highest BCUT2D eigenvalue weighted by molar-refractivity contribution is 7.99. The molecule has 1 aromatic rings. The lowest BCUT2D eigenvalue weighted by Gasteiger charge is -2.01. The van der Waals surface area contributed by atoms with Crippen molar-refractivity contribution >= 4 is 11.8 Å². The van der Waals surface area contributed by atoms with Crippen molar-refractivity contribution in [3.05, 3.63) is 6.33 Å². The minimum Gasteiger partial charge on any atom is -0.328 e. The van der Waals surface area contributed by atoms with E-state index in [1.54, 1.807) is 11.8 Å². The zero-order chi connectivity index (χ0) is 8.10. The van der Waals surface area contributed by atoms with Crippen LogP contribution in [0.5, 0.6) is 0 Å². The molecule has 0 saturated carbocycles. The number of thioether (sulfide) groups is 1. The maximum Gasteiger partial charge on any atom is 0.183 e. The SMILES string of the molecule is CC(N)CCSc1ncn[nH]1. The number of aromatic amines is 1. The predicted octanol–water partition coefficient (Wildman–Crippen LogP) is 0.634. The summed E-state index contributed by atoms with van der Waals surface area (Å²) in [6.07, 6.45) is 2.51. The van der Waals surface area contributed by atoms with Gasteiger partial charge in [-0.15, -0.1) is 0 Å². The van der Waals surface area contributed by atoms with Crippen LogP contribution >= 0.6 is 11.8 Å². The van der Waals surface area contributed by atoms with E-state index >= 15 is 0 Å². The molecule has 1 unspecified atom stereocenters. The van der Waals surface area contributed by atoms with E-state index in [9.17, 15) is 0 Å². The van der Waals surface area contributed by atoms with Gasteiger partial charge in [0.25, 0.3) is 0 Å². The molecule has 4 nitrogen and oxygen atoms in total. The molecule has 0 aliphatic carbocycles. The molecule has 1 rings (SSSR count). The summed E-state index contributed by atoms with van der Waals surface area (Å²) in [7, 11) is 0. The number of nitrogens with one attached hydrogen (secondary N) is 1. The van der Waals surface area contributed by atoms with Crippen molar-refractivity contribution in [2.45, 2.75) is 24.5 Å². The fourth-order valence-corrected chi connectivity index (χ4v) is 1.53. The second-order valence-corrected chi connectivity index (χ2v) is 3.49. The normalized spacial score (nSPS) is 13.3. The van der Waals surface area contributed by atoms with Gasteiger partial charge in [0.1, 0.15) is 6.33 Å². The van der Waals surface area contributed by atoms with Gasteiger partial charge in [0.15, 0.2) is 5.16 Å².